The van der Waals surface area contributed by atoms with Crippen LogP contribution in [0.1, 0.15) is 31.4 Å². The second kappa shape index (κ2) is 7.95. The van der Waals surface area contributed by atoms with Crippen molar-refractivity contribution >= 4 is 22.4 Å². The third-order valence-corrected chi connectivity index (χ3v) is 6.10. The number of fused-ring (bicyclic) bond motifs is 1. The molecule has 6 rings (SSSR count). The van der Waals surface area contributed by atoms with Gasteiger partial charge in [0.25, 0.3) is 5.56 Å². The highest BCUT2D eigenvalue weighted by molar-refractivity contribution is 5.86. The van der Waals surface area contributed by atoms with E-state index < -0.39 is 5.82 Å². The molecule has 0 aliphatic heterocycles. The van der Waals surface area contributed by atoms with Gasteiger partial charge in [-0.1, -0.05) is 0 Å². The molecule has 34 heavy (non-hydrogen) atoms. The van der Waals surface area contributed by atoms with Crippen molar-refractivity contribution in [3.8, 4) is 17.1 Å². The number of aryl methyl sites for hydroxylation is 1. The highest BCUT2D eigenvalue weighted by Crippen LogP contribution is 2.39. The normalized spacial score (nSPS) is 13.5. The summed E-state index contributed by atoms with van der Waals surface area (Å²) in [7, 11) is 0. The molecule has 0 unspecified atom stereocenters. The topological polar surface area (TPSA) is 93.4 Å². The third-order valence-electron chi connectivity index (χ3n) is 6.10. The van der Waals surface area contributed by atoms with E-state index in [0.717, 1.165) is 23.1 Å². The first kappa shape index (κ1) is 20.3. The zero-order chi connectivity index (χ0) is 23.2. The number of nitrogens with zero attached hydrogens (tertiary/aromatic N) is 5. The van der Waals surface area contributed by atoms with Crippen molar-refractivity contribution in [2.45, 2.75) is 32.2 Å². The molecule has 170 valence electrons. The van der Waals surface area contributed by atoms with Crippen molar-refractivity contribution in [2.75, 3.05) is 5.32 Å². The number of benzene rings is 2. The molecule has 8 nitrogen and oxygen atoms in total. The van der Waals surface area contributed by atoms with Crippen molar-refractivity contribution in [3.63, 3.8) is 0 Å². The van der Waals surface area contributed by atoms with Crippen LogP contribution < -0.4 is 10.9 Å². The number of anilines is 2. The zero-order valence-corrected chi connectivity index (χ0v) is 18.5. The Hall–Kier alpha value is -4.27. The van der Waals surface area contributed by atoms with Gasteiger partial charge < -0.3 is 14.9 Å². The summed E-state index contributed by atoms with van der Waals surface area (Å²) in [5, 5.41) is 8.37. The average Bonchev–Trinajstić information content (AvgIpc) is 3.45. The summed E-state index contributed by atoms with van der Waals surface area (Å²) in [6.45, 7) is 2.58. The smallest absolute Gasteiger partial charge is 0.256 e. The van der Waals surface area contributed by atoms with E-state index in [4.69, 9.17) is 0 Å². The van der Waals surface area contributed by atoms with Crippen LogP contribution in [0.2, 0.25) is 0 Å². The average molecular weight is 455 g/mol. The van der Waals surface area contributed by atoms with E-state index in [-0.39, 0.29) is 10.9 Å². The molecule has 3 aromatic heterocycles. The molecule has 9 heteroatoms. The number of hydrogen-bond donors (Lipinski definition) is 2. The van der Waals surface area contributed by atoms with Gasteiger partial charge in [0.15, 0.2) is 5.82 Å². The minimum atomic E-state index is -0.488. The zero-order valence-electron chi connectivity index (χ0n) is 18.5. The van der Waals surface area contributed by atoms with Crippen molar-refractivity contribution < 1.29 is 4.39 Å². The second-order valence-electron chi connectivity index (χ2n) is 8.45. The number of hydrogen-bond acceptors (Lipinski definition) is 5. The Kier molecular flexibility index (Phi) is 4.75. The van der Waals surface area contributed by atoms with Crippen LogP contribution in [0.3, 0.4) is 0 Å². The van der Waals surface area contributed by atoms with E-state index in [1.807, 2.05) is 42.1 Å². The lowest BCUT2D eigenvalue weighted by molar-refractivity contribution is 0.633. The summed E-state index contributed by atoms with van der Waals surface area (Å²) >= 11 is 0. The van der Waals surface area contributed by atoms with Crippen LogP contribution in [0.5, 0.6) is 0 Å². The van der Waals surface area contributed by atoms with Crippen molar-refractivity contribution in [1.82, 2.24) is 29.3 Å². The SMILES string of the molecule is CCn1nc(-c2ccc(-n3cnc(C4CC4)c3)cc2)nc1Nc1ccc2c(=O)[nH]cc(F)c2c1. The molecule has 0 bridgehead atoms. The van der Waals surface area contributed by atoms with Gasteiger partial charge in [0.1, 0.15) is 5.82 Å². The Morgan fingerprint density at radius 3 is 2.74 bits per heavy atom. The van der Waals surface area contributed by atoms with Crippen molar-refractivity contribution in [2.24, 2.45) is 0 Å². The molecular formula is C25H22FN7O. The Morgan fingerprint density at radius 2 is 1.97 bits per heavy atom. The molecule has 0 radical (unpaired) electrons. The molecule has 1 aliphatic carbocycles. The lowest BCUT2D eigenvalue weighted by Gasteiger charge is -2.07. The predicted octanol–water partition coefficient (Wildman–Crippen LogP) is 4.75. The quantitative estimate of drug-likeness (QED) is 0.385. The first-order chi connectivity index (χ1) is 16.6. The number of imidazole rings is 1. The summed E-state index contributed by atoms with van der Waals surface area (Å²) in [5.74, 6) is 1.25. The van der Waals surface area contributed by atoms with Gasteiger partial charge in [0, 0.05) is 47.2 Å². The Bertz CT molecular complexity index is 1560. The van der Waals surface area contributed by atoms with Crippen molar-refractivity contribution in [1.29, 1.82) is 0 Å². The summed E-state index contributed by atoms with van der Waals surface area (Å²) in [6, 6.07) is 12.9. The number of pyridine rings is 1. The molecule has 1 aliphatic rings. The number of aromatic nitrogens is 6. The molecule has 0 saturated heterocycles. The molecular weight excluding hydrogens is 433 g/mol. The fraction of sp³-hybridized carbons (Fsp3) is 0.200. The largest absolute Gasteiger partial charge is 0.326 e. The molecule has 0 amide bonds. The van der Waals surface area contributed by atoms with Gasteiger partial charge in [0.05, 0.1) is 17.4 Å². The molecule has 2 N–H and O–H groups in total. The summed E-state index contributed by atoms with van der Waals surface area (Å²) in [5.41, 5.74) is 3.36. The Labute approximate surface area is 194 Å². The van der Waals surface area contributed by atoms with Gasteiger partial charge in [-0.05, 0) is 62.2 Å². The Balaban J connectivity index is 1.27. The standard InChI is InChI=1S/C25H22FN7O/c1-2-33-25(29-17-7-10-19-20(11-17)21(26)12-27-24(19)34)30-23(31-33)16-5-8-18(9-6-16)32-13-22(28-14-32)15-3-4-15/h5-15H,2-4H2,1H3,(H,27,34)(H,29,30,31). The molecule has 2 aromatic carbocycles. The fourth-order valence-electron chi connectivity index (χ4n) is 4.06. The van der Waals surface area contributed by atoms with E-state index in [0.29, 0.717) is 35.3 Å². The van der Waals surface area contributed by atoms with Crippen LogP contribution in [-0.4, -0.2) is 29.3 Å². The van der Waals surface area contributed by atoms with Crippen molar-refractivity contribution in [3.05, 3.63) is 83.1 Å². The monoisotopic (exact) mass is 455 g/mol. The first-order valence-electron chi connectivity index (χ1n) is 11.3. The van der Waals surface area contributed by atoms with Gasteiger partial charge in [-0.3, -0.25) is 4.79 Å². The highest BCUT2D eigenvalue weighted by atomic mass is 19.1. The lowest BCUT2D eigenvalue weighted by atomic mass is 10.1. The summed E-state index contributed by atoms with van der Waals surface area (Å²) in [6.07, 6.45) is 7.48. The summed E-state index contributed by atoms with van der Waals surface area (Å²) in [4.78, 5) is 23.5. The maximum atomic E-state index is 14.2. The predicted molar refractivity (Wildman–Crippen MR) is 128 cm³/mol. The van der Waals surface area contributed by atoms with Crippen LogP contribution >= 0.6 is 0 Å². The molecule has 3 heterocycles. The van der Waals surface area contributed by atoms with Gasteiger partial charge in [-0.2, -0.15) is 4.98 Å². The van der Waals surface area contributed by atoms with E-state index in [9.17, 15) is 9.18 Å². The highest BCUT2D eigenvalue weighted by Gasteiger charge is 2.25. The number of aromatic amines is 1. The summed E-state index contributed by atoms with van der Waals surface area (Å²) < 4.78 is 18.0. The number of H-pyrrole nitrogens is 1. The van der Waals surface area contributed by atoms with Gasteiger partial charge in [-0.15, -0.1) is 5.10 Å². The minimum absolute atomic E-state index is 0.247. The van der Waals surface area contributed by atoms with Crippen LogP contribution in [0.15, 0.2) is 66.0 Å². The molecule has 0 spiro atoms. The van der Waals surface area contributed by atoms with Gasteiger partial charge >= 0.3 is 0 Å². The van der Waals surface area contributed by atoms with Crippen LogP contribution in [0, 0.1) is 5.82 Å². The van der Waals surface area contributed by atoms with E-state index in [2.05, 4.69) is 31.6 Å². The van der Waals surface area contributed by atoms with E-state index >= 15 is 0 Å². The Morgan fingerprint density at radius 1 is 1.15 bits per heavy atom. The van der Waals surface area contributed by atoms with Gasteiger partial charge in [0.2, 0.25) is 5.95 Å². The fourth-order valence-corrected chi connectivity index (χ4v) is 4.06. The second-order valence-corrected chi connectivity index (χ2v) is 8.45. The third kappa shape index (κ3) is 3.64. The maximum absolute atomic E-state index is 14.2. The molecule has 1 fully saturated rings. The number of nitrogens with one attached hydrogen (secondary N) is 2. The maximum Gasteiger partial charge on any atom is 0.256 e. The molecule has 1 saturated carbocycles. The first-order valence-corrected chi connectivity index (χ1v) is 11.3. The number of halogens is 1. The van der Waals surface area contributed by atoms with E-state index in [1.54, 1.807) is 22.9 Å². The van der Waals surface area contributed by atoms with Crippen LogP contribution in [0.25, 0.3) is 27.8 Å². The van der Waals surface area contributed by atoms with Crippen LogP contribution in [0.4, 0.5) is 16.0 Å². The minimum Gasteiger partial charge on any atom is -0.326 e. The van der Waals surface area contributed by atoms with Crippen LogP contribution in [-0.2, 0) is 6.54 Å². The van der Waals surface area contributed by atoms with Gasteiger partial charge in [-0.25, -0.2) is 14.1 Å². The molecule has 0 atom stereocenters. The van der Waals surface area contributed by atoms with E-state index in [1.165, 1.54) is 12.8 Å². The number of rotatable bonds is 6. The molecule has 5 aromatic rings. The lowest BCUT2D eigenvalue weighted by Crippen LogP contribution is -2.07.